The predicted molar refractivity (Wildman–Crippen MR) is 66.9 cm³/mol. The fraction of sp³-hybridized carbons (Fsp3) is 0.467. The molecule has 2 nitrogen and oxygen atoms in total. The van der Waals surface area contributed by atoms with Crippen LogP contribution in [0.25, 0.3) is 5.57 Å². The molecule has 2 heterocycles. The normalized spacial score (nSPS) is 21.9. The van der Waals surface area contributed by atoms with Gasteiger partial charge in [0.15, 0.2) is 5.78 Å². The van der Waals surface area contributed by atoms with Crippen LogP contribution in [0.4, 0.5) is 0 Å². The molecule has 0 saturated carbocycles. The minimum atomic E-state index is 0.385. The summed E-state index contributed by atoms with van der Waals surface area (Å²) in [6, 6.07) is 0. The van der Waals surface area contributed by atoms with E-state index < -0.39 is 0 Å². The SMILES string of the molecule is O=C1CCC2=C[CH]Cn3c4c(c1c32)CCCC4. The van der Waals surface area contributed by atoms with E-state index in [1.807, 2.05) is 0 Å². The summed E-state index contributed by atoms with van der Waals surface area (Å²) in [4.78, 5) is 12.2. The maximum atomic E-state index is 12.2. The number of Topliss-reactive ketones (excluding diaryl/α,β-unsaturated/α-hetero) is 1. The largest absolute Gasteiger partial charge is 0.343 e. The van der Waals surface area contributed by atoms with Crippen LogP contribution in [0.3, 0.4) is 0 Å². The molecule has 87 valence electrons. The molecule has 0 spiro atoms. The summed E-state index contributed by atoms with van der Waals surface area (Å²) >= 11 is 0. The van der Waals surface area contributed by atoms with E-state index >= 15 is 0 Å². The van der Waals surface area contributed by atoms with Crippen molar-refractivity contribution in [1.82, 2.24) is 4.57 Å². The summed E-state index contributed by atoms with van der Waals surface area (Å²) in [7, 11) is 0. The maximum Gasteiger partial charge on any atom is 0.165 e. The van der Waals surface area contributed by atoms with Crippen molar-refractivity contribution >= 4 is 11.4 Å². The van der Waals surface area contributed by atoms with Gasteiger partial charge < -0.3 is 4.57 Å². The van der Waals surface area contributed by atoms with Crippen molar-refractivity contribution in [1.29, 1.82) is 0 Å². The van der Waals surface area contributed by atoms with Gasteiger partial charge in [-0.05, 0) is 43.2 Å². The van der Waals surface area contributed by atoms with Crippen LogP contribution in [0.2, 0.25) is 0 Å². The first-order valence-corrected chi connectivity index (χ1v) is 6.66. The Morgan fingerprint density at radius 3 is 2.88 bits per heavy atom. The first-order valence-electron chi connectivity index (χ1n) is 6.66. The number of nitrogens with zero attached hydrogens (tertiary/aromatic N) is 1. The van der Waals surface area contributed by atoms with E-state index in [0.717, 1.165) is 31.4 Å². The standard InChI is InChI=1S/C15H16NO/c17-13-8-7-10-4-3-9-16-12-6-2-1-5-11(12)14(13)15(10)16/h3-4H,1-2,5-9H2. The molecule has 1 aromatic heterocycles. The Hall–Kier alpha value is -1.31. The third-order valence-electron chi connectivity index (χ3n) is 4.38. The molecule has 1 aliphatic heterocycles. The molecular formula is C15H16NO. The third kappa shape index (κ3) is 1.18. The highest BCUT2D eigenvalue weighted by Crippen LogP contribution is 2.41. The second-order valence-corrected chi connectivity index (χ2v) is 5.32. The number of hydrogen-bond donors (Lipinski definition) is 0. The molecular weight excluding hydrogens is 210 g/mol. The van der Waals surface area contributed by atoms with E-state index in [9.17, 15) is 4.79 Å². The van der Waals surface area contributed by atoms with Crippen molar-refractivity contribution in [2.45, 2.75) is 45.1 Å². The van der Waals surface area contributed by atoms with Gasteiger partial charge in [-0.3, -0.25) is 4.79 Å². The quantitative estimate of drug-likeness (QED) is 0.666. The summed E-state index contributed by atoms with van der Waals surface area (Å²) in [6.45, 7) is 0.967. The molecule has 1 aromatic rings. The lowest BCUT2D eigenvalue weighted by Crippen LogP contribution is -2.16. The van der Waals surface area contributed by atoms with Gasteiger partial charge >= 0.3 is 0 Å². The molecule has 0 bridgehead atoms. The van der Waals surface area contributed by atoms with Crippen LogP contribution in [-0.2, 0) is 19.4 Å². The highest BCUT2D eigenvalue weighted by Gasteiger charge is 2.33. The van der Waals surface area contributed by atoms with E-state index in [1.165, 1.54) is 35.4 Å². The molecule has 0 amide bonds. The predicted octanol–water partition coefficient (Wildman–Crippen LogP) is 2.94. The van der Waals surface area contributed by atoms with Gasteiger partial charge in [0.2, 0.25) is 0 Å². The van der Waals surface area contributed by atoms with E-state index in [2.05, 4.69) is 17.1 Å². The zero-order valence-electron chi connectivity index (χ0n) is 9.96. The fourth-order valence-corrected chi connectivity index (χ4v) is 3.66. The molecule has 0 unspecified atom stereocenters. The van der Waals surface area contributed by atoms with E-state index in [0.29, 0.717) is 12.2 Å². The monoisotopic (exact) mass is 226 g/mol. The Morgan fingerprint density at radius 1 is 1.06 bits per heavy atom. The number of hydrogen-bond acceptors (Lipinski definition) is 1. The second kappa shape index (κ2) is 3.34. The fourth-order valence-electron chi connectivity index (χ4n) is 3.66. The molecule has 2 aliphatic carbocycles. The van der Waals surface area contributed by atoms with Gasteiger partial charge in [-0.15, -0.1) is 0 Å². The van der Waals surface area contributed by atoms with Crippen LogP contribution in [0.5, 0.6) is 0 Å². The van der Waals surface area contributed by atoms with Crippen LogP contribution < -0.4 is 0 Å². The van der Waals surface area contributed by atoms with Crippen LogP contribution in [-0.4, -0.2) is 10.4 Å². The van der Waals surface area contributed by atoms with Crippen molar-refractivity contribution < 1.29 is 4.79 Å². The van der Waals surface area contributed by atoms with Gasteiger partial charge in [-0.25, -0.2) is 0 Å². The summed E-state index contributed by atoms with van der Waals surface area (Å²) in [5, 5.41) is 0. The average molecular weight is 226 g/mol. The summed E-state index contributed by atoms with van der Waals surface area (Å²) in [5.41, 5.74) is 6.59. The smallest absolute Gasteiger partial charge is 0.165 e. The van der Waals surface area contributed by atoms with Crippen LogP contribution >= 0.6 is 0 Å². The summed E-state index contributed by atoms with van der Waals surface area (Å²) in [5.74, 6) is 0.385. The lowest BCUT2D eigenvalue weighted by molar-refractivity contribution is 0.0979. The van der Waals surface area contributed by atoms with Crippen molar-refractivity contribution in [2.24, 2.45) is 0 Å². The molecule has 1 radical (unpaired) electrons. The minimum Gasteiger partial charge on any atom is -0.343 e. The van der Waals surface area contributed by atoms with Crippen LogP contribution in [0.15, 0.2) is 6.08 Å². The number of ketones is 1. The Kier molecular flexibility index (Phi) is 1.91. The maximum absolute atomic E-state index is 12.2. The second-order valence-electron chi connectivity index (χ2n) is 5.32. The van der Waals surface area contributed by atoms with Gasteiger partial charge in [-0.2, -0.15) is 0 Å². The average Bonchev–Trinajstić information content (AvgIpc) is 2.71. The zero-order valence-corrected chi connectivity index (χ0v) is 9.96. The van der Waals surface area contributed by atoms with Crippen molar-refractivity contribution in [3.63, 3.8) is 0 Å². The summed E-state index contributed by atoms with van der Waals surface area (Å²) in [6.07, 6.45) is 10.9. The van der Waals surface area contributed by atoms with Gasteiger partial charge in [-0.1, -0.05) is 6.08 Å². The van der Waals surface area contributed by atoms with E-state index in [1.54, 1.807) is 0 Å². The molecule has 4 rings (SSSR count). The molecule has 2 heteroatoms. The van der Waals surface area contributed by atoms with Crippen molar-refractivity contribution in [2.75, 3.05) is 0 Å². The first kappa shape index (κ1) is 9.69. The molecule has 0 N–H and O–H groups in total. The Morgan fingerprint density at radius 2 is 1.94 bits per heavy atom. The van der Waals surface area contributed by atoms with Crippen molar-refractivity contribution in [3.8, 4) is 0 Å². The van der Waals surface area contributed by atoms with Gasteiger partial charge in [0, 0.05) is 30.6 Å². The van der Waals surface area contributed by atoms with Gasteiger partial charge in [0.25, 0.3) is 0 Å². The minimum absolute atomic E-state index is 0.385. The highest BCUT2D eigenvalue weighted by atomic mass is 16.1. The molecule has 3 aliphatic rings. The Labute approximate surface area is 101 Å². The molecule has 0 aromatic carbocycles. The first-order chi connectivity index (χ1) is 8.36. The van der Waals surface area contributed by atoms with Gasteiger partial charge in [0.05, 0.1) is 5.69 Å². The number of fused-ring (bicyclic) bond motifs is 3. The number of aromatic nitrogens is 1. The van der Waals surface area contributed by atoms with Crippen LogP contribution in [0.1, 0.15) is 53.0 Å². The number of allylic oxidation sites excluding steroid dienone is 2. The Balaban J connectivity index is 2.06. The number of carbonyl (C=O) groups excluding carboxylic acids is 1. The zero-order chi connectivity index (χ0) is 11.4. The lowest BCUT2D eigenvalue weighted by atomic mass is 9.85. The summed E-state index contributed by atoms with van der Waals surface area (Å²) < 4.78 is 2.41. The van der Waals surface area contributed by atoms with Crippen LogP contribution in [0, 0.1) is 6.42 Å². The number of rotatable bonds is 0. The molecule has 0 saturated heterocycles. The molecule has 0 fully saturated rings. The Bertz CT molecular complexity index is 544. The third-order valence-corrected chi connectivity index (χ3v) is 4.38. The van der Waals surface area contributed by atoms with Crippen molar-refractivity contribution in [3.05, 3.63) is 35.0 Å². The number of carbonyl (C=O) groups is 1. The highest BCUT2D eigenvalue weighted by molar-refractivity contribution is 6.05. The molecule has 17 heavy (non-hydrogen) atoms. The topological polar surface area (TPSA) is 22.0 Å². The lowest BCUT2D eigenvalue weighted by Gasteiger charge is -2.23. The van der Waals surface area contributed by atoms with E-state index in [4.69, 9.17) is 0 Å². The van der Waals surface area contributed by atoms with Gasteiger partial charge in [0.1, 0.15) is 0 Å². The van der Waals surface area contributed by atoms with E-state index in [-0.39, 0.29) is 0 Å². The molecule has 0 atom stereocenters.